The van der Waals surface area contributed by atoms with Gasteiger partial charge in [0.2, 0.25) is 0 Å². The molecule has 0 saturated heterocycles. The first kappa shape index (κ1) is 21.1. The van der Waals surface area contributed by atoms with Crippen LogP contribution >= 0.6 is 0 Å². The van der Waals surface area contributed by atoms with E-state index in [1.807, 2.05) is 6.07 Å². The van der Waals surface area contributed by atoms with Crippen molar-refractivity contribution in [3.05, 3.63) is 59.4 Å². The van der Waals surface area contributed by atoms with Crippen molar-refractivity contribution in [1.29, 1.82) is 0 Å². The van der Waals surface area contributed by atoms with Crippen LogP contribution in [0.25, 0.3) is 11.1 Å². The molecule has 2 fully saturated rings. The van der Waals surface area contributed by atoms with Gasteiger partial charge < -0.3 is 0 Å². The standard InChI is InChI=1S/C26H33F.CH4.2H2/c1-18-3-7-20(8-4-18)21-11-13-23(14-12-21)25-16-15-24(17-26(25)27)22-9-5-19(2)6-10-22;;;/h11-20,22H,3-10H2,1-2H3;1H4;2*1H. The quantitative estimate of drug-likeness (QED) is 0.494. The normalized spacial score (nSPS) is 27.8. The molecule has 2 saturated carbocycles. The van der Waals surface area contributed by atoms with Gasteiger partial charge in [0, 0.05) is 8.42 Å². The first-order valence-electron chi connectivity index (χ1n) is 11.0. The molecule has 1 heteroatoms. The van der Waals surface area contributed by atoms with Gasteiger partial charge in [0.05, 0.1) is 0 Å². The Balaban J connectivity index is 0.00000150. The van der Waals surface area contributed by atoms with Crippen LogP contribution in [0.5, 0.6) is 0 Å². The lowest BCUT2D eigenvalue weighted by atomic mass is 9.79. The molecule has 0 spiro atoms. The molecule has 2 aliphatic carbocycles. The van der Waals surface area contributed by atoms with Gasteiger partial charge in [-0.05, 0) is 72.1 Å². The zero-order valence-electron chi connectivity index (χ0n) is 16.9. The Morgan fingerprint density at radius 1 is 0.679 bits per heavy atom. The number of halogens is 1. The third-order valence-electron chi connectivity index (χ3n) is 7.19. The van der Waals surface area contributed by atoms with Gasteiger partial charge in [0.15, 0.2) is 0 Å². The summed E-state index contributed by atoms with van der Waals surface area (Å²) in [6.45, 7) is 4.69. The first-order valence-corrected chi connectivity index (χ1v) is 11.0. The molecule has 0 aliphatic heterocycles. The summed E-state index contributed by atoms with van der Waals surface area (Å²) in [5.74, 6) is 2.87. The van der Waals surface area contributed by atoms with Crippen molar-refractivity contribution in [3.63, 3.8) is 0 Å². The highest BCUT2D eigenvalue weighted by atomic mass is 19.1. The predicted octanol–water partition coefficient (Wildman–Crippen LogP) is 9.21. The van der Waals surface area contributed by atoms with Gasteiger partial charge in [0.25, 0.3) is 0 Å². The second kappa shape index (κ2) is 9.25. The maximum Gasteiger partial charge on any atom is 0.131 e. The highest BCUT2D eigenvalue weighted by molar-refractivity contribution is 5.65. The molecule has 0 atom stereocenters. The van der Waals surface area contributed by atoms with Crippen molar-refractivity contribution in [2.45, 2.75) is 84.5 Å². The Hall–Kier alpha value is -1.63. The smallest absolute Gasteiger partial charge is 0.131 e. The van der Waals surface area contributed by atoms with E-state index in [-0.39, 0.29) is 16.1 Å². The highest BCUT2D eigenvalue weighted by Gasteiger charge is 2.22. The Morgan fingerprint density at radius 3 is 1.64 bits per heavy atom. The van der Waals surface area contributed by atoms with E-state index in [1.54, 1.807) is 6.07 Å². The maximum absolute atomic E-state index is 14.9. The molecule has 0 heterocycles. The molecule has 2 aromatic carbocycles. The average molecular weight is 385 g/mol. The van der Waals surface area contributed by atoms with E-state index < -0.39 is 0 Å². The summed E-state index contributed by atoms with van der Waals surface area (Å²) in [6.07, 6.45) is 10.2. The molecule has 0 nitrogen and oxygen atoms in total. The summed E-state index contributed by atoms with van der Waals surface area (Å²) in [6, 6.07) is 14.7. The molecule has 0 amide bonds. The lowest BCUT2D eigenvalue weighted by molar-refractivity contribution is 0.347. The topological polar surface area (TPSA) is 0 Å². The second-order valence-electron chi connectivity index (χ2n) is 9.27. The fourth-order valence-electron chi connectivity index (χ4n) is 5.14. The van der Waals surface area contributed by atoms with Crippen molar-refractivity contribution in [2.75, 3.05) is 0 Å². The van der Waals surface area contributed by atoms with Gasteiger partial charge in [-0.3, -0.25) is 0 Å². The fraction of sp³-hybridized carbons (Fsp3) is 0.556. The lowest BCUT2D eigenvalue weighted by Gasteiger charge is -2.27. The van der Waals surface area contributed by atoms with Crippen LogP contribution in [0.15, 0.2) is 42.5 Å². The molecule has 0 bridgehead atoms. The lowest BCUT2D eigenvalue weighted by Crippen LogP contribution is -2.11. The Morgan fingerprint density at radius 2 is 1.14 bits per heavy atom. The molecule has 4 rings (SSSR count). The van der Waals surface area contributed by atoms with Crippen LogP contribution in [0.2, 0.25) is 0 Å². The molecular weight excluding hydrogens is 343 g/mol. The van der Waals surface area contributed by atoms with Gasteiger partial charge in [-0.25, -0.2) is 4.39 Å². The average Bonchev–Trinajstić information content (AvgIpc) is 2.69. The monoisotopic (exact) mass is 384 g/mol. The van der Waals surface area contributed by atoms with E-state index in [2.05, 4.69) is 44.2 Å². The van der Waals surface area contributed by atoms with Crippen molar-refractivity contribution in [1.82, 2.24) is 0 Å². The summed E-state index contributed by atoms with van der Waals surface area (Å²) < 4.78 is 14.9. The second-order valence-corrected chi connectivity index (χ2v) is 9.27. The summed E-state index contributed by atoms with van der Waals surface area (Å²) in [5.41, 5.74) is 4.37. The third-order valence-corrected chi connectivity index (χ3v) is 7.19. The SMILES string of the molecule is C.CC1CCC(c2ccc(-c3ccc(C4CCC(C)CC4)cc3F)cc2)CC1.[HH].[HH]. The predicted molar refractivity (Wildman–Crippen MR) is 124 cm³/mol. The van der Waals surface area contributed by atoms with Crippen LogP contribution in [0.4, 0.5) is 4.39 Å². The third kappa shape index (κ3) is 4.67. The van der Waals surface area contributed by atoms with Gasteiger partial charge in [-0.1, -0.05) is 83.4 Å². The minimum Gasteiger partial charge on any atom is -0.206 e. The first-order chi connectivity index (χ1) is 13.1. The molecule has 0 aromatic heterocycles. The number of hydrogen-bond acceptors (Lipinski definition) is 0. The van der Waals surface area contributed by atoms with E-state index in [1.165, 1.54) is 62.5 Å². The number of benzene rings is 2. The van der Waals surface area contributed by atoms with Gasteiger partial charge in [0.1, 0.15) is 5.82 Å². The van der Waals surface area contributed by atoms with Crippen molar-refractivity contribution in [3.8, 4) is 11.1 Å². The van der Waals surface area contributed by atoms with E-state index in [0.29, 0.717) is 11.8 Å². The van der Waals surface area contributed by atoms with Crippen LogP contribution in [-0.4, -0.2) is 0 Å². The van der Waals surface area contributed by atoms with E-state index in [9.17, 15) is 4.39 Å². The summed E-state index contributed by atoms with van der Waals surface area (Å²) in [5, 5.41) is 0. The van der Waals surface area contributed by atoms with Crippen LogP contribution < -0.4 is 0 Å². The molecule has 0 radical (unpaired) electrons. The fourth-order valence-corrected chi connectivity index (χ4v) is 5.14. The summed E-state index contributed by atoms with van der Waals surface area (Å²) in [7, 11) is 0. The van der Waals surface area contributed by atoms with Crippen molar-refractivity contribution < 1.29 is 7.24 Å². The molecule has 2 aliphatic rings. The number of rotatable bonds is 3. The minimum absolute atomic E-state index is 0. The van der Waals surface area contributed by atoms with E-state index in [4.69, 9.17) is 0 Å². The molecule has 2 aromatic rings. The van der Waals surface area contributed by atoms with E-state index in [0.717, 1.165) is 23.0 Å². The van der Waals surface area contributed by atoms with Crippen LogP contribution in [0, 0.1) is 17.7 Å². The Kier molecular flexibility index (Phi) is 6.96. The van der Waals surface area contributed by atoms with Crippen molar-refractivity contribution in [2.24, 2.45) is 11.8 Å². The zero-order valence-corrected chi connectivity index (χ0v) is 16.9. The zero-order chi connectivity index (χ0) is 18.8. The Bertz CT molecular complexity index is 755. The molecule has 0 N–H and O–H groups in total. The maximum atomic E-state index is 14.9. The molecular formula is C27H41F. The molecule has 28 heavy (non-hydrogen) atoms. The Labute approximate surface area is 174 Å². The summed E-state index contributed by atoms with van der Waals surface area (Å²) in [4.78, 5) is 0. The van der Waals surface area contributed by atoms with Crippen LogP contribution in [0.3, 0.4) is 0 Å². The van der Waals surface area contributed by atoms with Gasteiger partial charge in [-0.15, -0.1) is 0 Å². The van der Waals surface area contributed by atoms with Gasteiger partial charge in [-0.2, -0.15) is 0 Å². The van der Waals surface area contributed by atoms with Crippen molar-refractivity contribution >= 4 is 0 Å². The molecule has 0 unspecified atom stereocenters. The summed E-state index contributed by atoms with van der Waals surface area (Å²) >= 11 is 0. The van der Waals surface area contributed by atoms with Crippen LogP contribution in [-0.2, 0) is 0 Å². The largest absolute Gasteiger partial charge is 0.206 e. The molecule has 156 valence electrons. The van der Waals surface area contributed by atoms with E-state index >= 15 is 0 Å². The van der Waals surface area contributed by atoms with Crippen LogP contribution in [0.1, 0.15) is 98.5 Å². The minimum atomic E-state index is -0.0645. The van der Waals surface area contributed by atoms with Gasteiger partial charge >= 0.3 is 0 Å². The number of hydrogen-bond donors (Lipinski definition) is 0. The highest BCUT2D eigenvalue weighted by Crippen LogP contribution is 2.38.